The molecule has 0 bridgehead atoms. The molecule has 0 aromatic heterocycles. The van der Waals surface area contributed by atoms with Crippen molar-refractivity contribution >= 4 is 11.6 Å². The highest BCUT2D eigenvalue weighted by Gasteiger charge is 2.26. The van der Waals surface area contributed by atoms with E-state index in [2.05, 4.69) is 19.9 Å². The maximum Gasteiger partial charge on any atom is 0.107 e. The Labute approximate surface area is 140 Å². The summed E-state index contributed by atoms with van der Waals surface area (Å²) in [6.45, 7) is 8.34. The largest absolute Gasteiger partial charge is 0.400 e. The van der Waals surface area contributed by atoms with Crippen LogP contribution in [0.1, 0.15) is 82.8 Å². The molecule has 3 atom stereocenters. The SMILES string of the molecule is CC.CCC(C)c1cc(C2CCCCC2F)ccc1Cl.CO. The second-order valence-corrected chi connectivity index (χ2v) is 5.90. The molecule has 1 nitrogen and oxygen atoms in total. The summed E-state index contributed by atoms with van der Waals surface area (Å²) in [6.07, 6.45) is 4.25. The number of hydrogen-bond acceptors (Lipinski definition) is 1. The predicted molar refractivity (Wildman–Crippen MR) is 95.8 cm³/mol. The maximum atomic E-state index is 14.0. The van der Waals surface area contributed by atoms with Crippen LogP contribution < -0.4 is 0 Å². The number of aliphatic hydroxyl groups is 1. The molecular weight excluding hydrogens is 299 g/mol. The Morgan fingerprint density at radius 2 is 1.82 bits per heavy atom. The molecule has 1 N–H and O–H groups in total. The monoisotopic (exact) mass is 330 g/mol. The Hall–Kier alpha value is -0.600. The van der Waals surface area contributed by atoms with Crippen molar-refractivity contribution in [2.24, 2.45) is 0 Å². The lowest BCUT2D eigenvalue weighted by molar-refractivity contribution is 0.216. The van der Waals surface area contributed by atoms with Crippen LogP contribution in [0.2, 0.25) is 5.02 Å². The summed E-state index contributed by atoms with van der Waals surface area (Å²) < 4.78 is 14.0. The zero-order valence-electron chi connectivity index (χ0n) is 14.7. The van der Waals surface area contributed by atoms with Crippen molar-refractivity contribution in [3.63, 3.8) is 0 Å². The van der Waals surface area contributed by atoms with Crippen molar-refractivity contribution in [2.75, 3.05) is 7.11 Å². The van der Waals surface area contributed by atoms with Gasteiger partial charge in [-0.2, -0.15) is 0 Å². The average molecular weight is 331 g/mol. The lowest BCUT2D eigenvalue weighted by Gasteiger charge is -2.27. The van der Waals surface area contributed by atoms with Crippen LogP contribution in [0, 0.1) is 0 Å². The quantitative estimate of drug-likeness (QED) is 0.672. The first kappa shape index (κ1) is 21.4. The van der Waals surface area contributed by atoms with E-state index in [4.69, 9.17) is 16.7 Å². The molecule has 0 saturated heterocycles. The molecule has 3 heteroatoms. The van der Waals surface area contributed by atoms with E-state index in [1.165, 1.54) is 5.56 Å². The van der Waals surface area contributed by atoms with Crippen LogP contribution in [0.5, 0.6) is 0 Å². The van der Waals surface area contributed by atoms with E-state index < -0.39 is 6.17 Å². The minimum absolute atomic E-state index is 0.0822. The molecule has 0 heterocycles. The second kappa shape index (κ2) is 11.9. The zero-order valence-corrected chi connectivity index (χ0v) is 15.5. The molecule has 0 aliphatic heterocycles. The van der Waals surface area contributed by atoms with Gasteiger partial charge in [0.2, 0.25) is 0 Å². The van der Waals surface area contributed by atoms with Crippen LogP contribution in [0.3, 0.4) is 0 Å². The third kappa shape index (κ3) is 5.89. The predicted octanol–water partition coefficient (Wildman–Crippen LogP) is 6.48. The summed E-state index contributed by atoms with van der Waals surface area (Å²) in [5.41, 5.74) is 2.32. The smallest absolute Gasteiger partial charge is 0.107 e. The third-order valence-electron chi connectivity index (χ3n) is 4.27. The highest BCUT2D eigenvalue weighted by atomic mass is 35.5. The van der Waals surface area contributed by atoms with Gasteiger partial charge in [0.1, 0.15) is 6.17 Å². The molecule has 1 aliphatic rings. The molecule has 1 aromatic carbocycles. The number of halogens is 2. The van der Waals surface area contributed by atoms with E-state index in [9.17, 15) is 4.39 Å². The Morgan fingerprint density at radius 1 is 1.23 bits per heavy atom. The van der Waals surface area contributed by atoms with Crippen molar-refractivity contribution in [3.8, 4) is 0 Å². The van der Waals surface area contributed by atoms with Crippen LogP contribution in [0.4, 0.5) is 4.39 Å². The van der Waals surface area contributed by atoms with E-state index >= 15 is 0 Å². The molecule has 1 saturated carbocycles. The molecule has 1 aromatic rings. The zero-order chi connectivity index (χ0) is 17.1. The van der Waals surface area contributed by atoms with Crippen molar-refractivity contribution in [3.05, 3.63) is 34.3 Å². The first-order chi connectivity index (χ1) is 10.6. The minimum Gasteiger partial charge on any atom is -0.400 e. The number of rotatable bonds is 3. The first-order valence-electron chi connectivity index (χ1n) is 8.51. The Kier molecular flexibility index (Phi) is 11.6. The van der Waals surface area contributed by atoms with Gasteiger partial charge in [-0.1, -0.05) is 64.3 Å². The van der Waals surface area contributed by atoms with E-state index in [0.29, 0.717) is 12.3 Å². The van der Waals surface area contributed by atoms with Crippen LogP contribution in [-0.4, -0.2) is 18.4 Å². The molecule has 128 valence electrons. The lowest BCUT2D eigenvalue weighted by atomic mass is 9.81. The lowest BCUT2D eigenvalue weighted by Crippen LogP contribution is -2.18. The van der Waals surface area contributed by atoms with Crippen LogP contribution >= 0.6 is 11.6 Å². The molecule has 0 radical (unpaired) electrons. The van der Waals surface area contributed by atoms with Gasteiger partial charge in [0, 0.05) is 18.1 Å². The maximum absolute atomic E-state index is 14.0. The minimum atomic E-state index is -0.676. The first-order valence-corrected chi connectivity index (χ1v) is 8.89. The fourth-order valence-electron chi connectivity index (χ4n) is 2.85. The van der Waals surface area contributed by atoms with Gasteiger partial charge in [0.05, 0.1) is 0 Å². The molecular formula is C19H32ClFO. The fraction of sp³-hybridized carbons (Fsp3) is 0.684. The highest BCUT2D eigenvalue weighted by Crippen LogP contribution is 2.37. The Balaban J connectivity index is 0.00000102. The van der Waals surface area contributed by atoms with Crippen molar-refractivity contribution in [1.29, 1.82) is 0 Å². The molecule has 22 heavy (non-hydrogen) atoms. The van der Waals surface area contributed by atoms with Gasteiger partial charge in [0.15, 0.2) is 0 Å². The van der Waals surface area contributed by atoms with E-state index in [-0.39, 0.29) is 5.92 Å². The van der Waals surface area contributed by atoms with E-state index in [1.807, 2.05) is 26.0 Å². The number of alkyl halides is 1. The molecule has 3 unspecified atom stereocenters. The topological polar surface area (TPSA) is 20.2 Å². The Bertz CT molecular complexity index is 408. The van der Waals surface area contributed by atoms with Gasteiger partial charge >= 0.3 is 0 Å². The van der Waals surface area contributed by atoms with Crippen LogP contribution in [0.25, 0.3) is 0 Å². The van der Waals surface area contributed by atoms with Crippen molar-refractivity contribution in [1.82, 2.24) is 0 Å². The highest BCUT2D eigenvalue weighted by molar-refractivity contribution is 6.31. The molecule has 0 spiro atoms. The standard InChI is InChI=1S/C16H22ClF.C2H6.CH4O/c1-3-11(2)14-10-12(8-9-15(14)17)13-6-4-5-7-16(13)18;2*1-2/h8-11,13,16H,3-7H2,1-2H3;1-2H3;2H,1H3. The van der Waals surface area contributed by atoms with Gasteiger partial charge in [-0.25, -0.2) is 4.39 Å². The summed E-state index contributed by atoms with van der Waals surface area (Å²) in [4.78, 5) is 0. The van der Waals surface area contributed by atoms with E-state index in [0.717, 1.165) is 43.4 Å². The number of hydrogen-bond donors (Lipinski definition) is 1. The average Bonchev–Trinajstić information content (AvgIpc) is 2.59. The van der Waals surface area contributed by atoms with Crippen molar-refractivity contribution < 1.29 is 9.50 Å². The van der Waals surface area contributed by atoms with Gasteiger partial charge in [-0.3, -0.25) is 0 Å². The molecule has 2 rings (SSSR count). The normalized spacial score (nSPS) is 21.8. The van der Waals surface area contributed by atoms with Gasteiger partial charge in [-0.05, 0) is 42.4 Å². The van der Waals surface area contributed by atoms with Gasteiger partial charge in [-0.15, -0.1) is 0 Å². The third-order valence-corrected chi connectivity index (χ3v) is 4.62. The summed E-state index contributed by atoms with van der Waals surface area (Å²) in [5, 5.41) is 7.82. The molecule has 1 aliphatic carbocycles. The summed E-state index contributed by atoms with van der Waals surface area (Å²) in [5.74, 6) is 0.526. The van der Waals surface area contributed by atoms with Crippen LogP contribution in [0.15, 0.2) is 18.2 Å². The summed E-state index contributed by atoms with van der Waals surface area (Å²) in [7, 11) is 1.00. The van der Waals surface area contributed by atoms with Crippen LogP contribution in [-0.2, 0) is 0 Å². The summed E-state index contributed by atoms with van der Waals surface area (Å²) >= 11 is 6.25. The molecule has 1 fully saturated rings. The number of benzene rings is 1. The molecule has 0 amide bonds. The second-order valence-electron chi connectivity index (χ2n) is 5.50. The Morgan fingerprint density at radius 3 is 2.36 bits per heavy atom. The summed E-state index contributed by atoms with van der Waals surface area (Å²) in [6, 6.07) is 6.09. The van der Waals surface area contributed by atoms with E-state index in [1.54, 1.807) is 0 Å². The van der Waals surface area contributed by atoms with Gasteiger partial charge in [0.25, 0.3) is 0 Å². The van der Waals surface area contributed by atoms with Gasteiger partial charge < -0.3 is 5.11 Å². The van der Waals surface area contributed by atoms with Crippen molar-refractivity contribution in [2.45, 2.75) is 77.8 Å². The number of aliphatic hydroxyl groups excluding tert-OH is 1. The fourth-order valence-corrected chi connectivity index (χ4v) is 3.16.